The lowest BCUT2D eigenvalue weighted by atomic mass is 10.2. The zero-order chi connectivity index (χ0) is 17.2. The summed E-state index contributed by atoms with van der Waals surface area (Å²) >= 11 is 0. The Morgan fingerprint density at radius 1 is 1.24 bits per heavy atom. The normalized spacial score (nSPS) is 10.9. The first-order chi connectivity index (χ1) is 11.7. The zero-order valence-electron chi connectivity index (χ0n) is 15.0. The first-order valence-corrected chi connectivity index (χ1v) is 8.44. The van der Waals surface area contributed by atoms with Crippen molar-refractivity contribution in [2.24, 2.45) is 10.7 Å². The minimum Gasteiger partial charge on any atom is -0.370 e. The summed E-state index contributed by atoms with van der Waals surface area (Å²) in [4.78, 5) is 10.9. The highest BCUT2D eigenvalue weighted by Crippen LogP contribution is 2.14. The number of hydrogen-bond acceptors (Lipinski definition) is 3. The Labute approximate surface area is 167 Å². The molecule has 0 saturated carbocycles. The number of aliphatic imine (C=N–C) groups is 1. The molecule has 0 radical (unpaired) electrons. The van der Waals surface area contributed by atoms with Crippen molar-refractivity contribution in [2.45, 2.75) is 20.3 Å². The van der Waals surface area contributed by atoms with Gasteiger partial charge in [0, 0.05) is 50.2 Å². The van der Waals surface area contributed by atoms with Crippen molar-refractivity contribution in [1.29, 1.82) is 0 Å². The molecule has 0 aliphatic carbocycles. The van der Waals surface area contributed by atoms with Crippen LogP contribution >= 0.6 is 24.0 Å². The van der Waals surface area contributed by atoms with Crippen LogP contribution in [0.5, 0.6) is 0 Å². The molecule has 0 unspecified atom stereocenters. The Hall–Kier alpha value is -1.83. The van der Waals surface area contributed by atoms with Crippen molar-refractivity contribution < 1.29 is 0 Å². The van der Waals surface area contributed by atoms with E-state index < -0.39 is 0 Å². The van der Waals surface area contributed by atoms with Gasteiger partial charge in [-0.1, -0.05) is 18.2 Å². The number of aryl methyl sites for hydroxylation is 1. The summed E-state index contributed by atoms with van der Waals surface area (Å²) in [5.74, 6) is 0.492. The minimum atomic E-state index is 0. The molecule has 6 heteroatoms. The predicted octanol–water partition coefficient (Wildman–Crippen LogP) is 2.98. The summed E-state index contributed by atoms with van der Waals surface area (Å²) in [5.41, 5.74) is 9.47. The number of hydrogen-bond donors (Lipinski definition) is 2. The van der Waals surface area contributed by atoms with E-state index in [4.69, 9.17) is 5.73 Å². The van der Waals surface area contributed by atoms with Gasteiger partial charge in [-0.05, 0) is 43.7 Å². The molecule has 0 aliphatic rings. The summed E-state index contributed by atoms with van der Waals surface area (Å²) in [6.45, 7) is 7.53. The van der Waals surface area contributed by atoms with E-state index in [1.165, 1.54) is 11.3 Å². The van der Waals surface area contributed by atoms with Crippen molar-refractivity contribution in [3.63, 3.8) is 0 Å². The average molecular weight is 453 g/mol. The van der Waals surface area contributed by atoms with E-state index in [1.807, 2.05) is 18.2 Å². The molecule has 2 aromatic rings. The number of nitrogens with zero attached hydrogens (tertiary/aromatic N) is 3. The molecule has 0 amide bonds. The monoisotopic (exact) mass is 453 g/mol. The molecule has 0 atom stereocenters. The van der Waals surface area contributed by atoms with Crippen LogP contribution in [-0.4, -0.2) is 37.1 Å². The molecule has 0 aliphatic heterocycles. The van der Waals surface area contributed by atoms with Gasteiger partial charge in [0.25, 0.3) is 0 Å². The van der Waals surface area contributed by atoms with E-state index in [0.29, 0.717) is 12.5 Å². The molecule has 3 N–H and O–H groups in total. The van der Waals surface area contributed by atoms with E-state index in [9.17, 15) is 0 Å². The number of nitrogens with one attached hydrogen (secondary N) is 1. The van der Waals surface area contributed by atoms with Crippen LogP contribution in [0.25, 0.3) is 0 Å². The standard InChI is InChI=1S/C19H27N5.HI/c1-3-24(18-9-6-7-16(2)15-18)14-13-23-19(20)22-12-10-17-8-4-5-11-21-17;/h4-9,11,15H,3,10,12-14H2,1-2H3,(H3,20,22,23);1H. The van der Waals surface area contributed by atoms with Crippen LogP contribution in [-0.2, 0) is 6.42 Å². The van der Waals surface area contributed by atoms with Crippen LogP contribution in [0.2, 0.25) is 0 Å². The number of pyridine rings is 1. The molecule has 25 heavy (non-hydrogen) atoms. The van der Waals surface area contributed by atoms with Crippen LogP contribution in [0.15, 0.2) is 53.7 Å². The first kappa shape index (κ1) is 21.2. The SMILES string of the molecule is CCN(CCNC(N)=NCCc1ccccn1)c1cccc(C)c1.I. The second kappa shape index (κ2) is 11.7. The van der Waals surface area contributed by atoms with Gasteiger partial charge in [0.1, 0.15) is 0 Å². The zero-order valence-corrected chi connectivity index (χ0v) is 17.3. The summed E-state index contributed by atoms with van der Waals surface area (Å²) in [6, 6.07) is 14.4. The van der Waals surface area contributed by atoms with Crippen molar-refractivity contribution in [3.8, 4) is 0 Å². The second-order valence-corrected chi connectivity index (χ2v) is 5.68. The minimum absolute atomic E-state index is 0. The molecule has 0 spiro atoms. The molecule has 0 bridgehead atoms. The van der Waals surface area contributed by atoms with Crippen LogP contribution < -0.4 is 16.0 Å². The van der Waals surface area contributed by atoms with Gasteiger partial charge in [-0.25, -0.2) is 0 Å². The molecule has 1 heterocycles. The second-order valence-electron chi connectivity index (χ2n) is 5.68. The molecule has 0 saturated heterocycles. The van der Waals surface area contributed by atoms with Crippen molar-refractivity contribution in [2.75, 3.05) is 31.1 Å². The maximum Gasteiger partial charge on any atom is 0.188 e. The van der Waals surface area contributed by atoms with E-state index in [2.05, 4.69) is 58.3 Å². The van der Waals surface area contributed by atoms with Crippen molar-refractivity contribution in [3.05, 3.63) is 59.9 Å². The fourth-order valence-corrected chi connectivity index (χ4v) is 2.51. The number of guanidine groups is 1. The maximum atomic E-state index is 5.93. The Bertz CT molecular complexity index is 645. The van der Waals surface area contributed by atoms with Gasteiger partial charge >= 0.3 is 0 Å². The molecular weight excluding hydrogens is 425 g/mol. The number of nitrogens with two attached hydrogens (primary N) is 1. The summed E-state index contributed by atoms with van der Waals surface area (Å²) in [6.07, 6.45) is 2.60. The Morgan fingerprint density at radius 3 is 2.76 bits per heavy atom. The molecule has 136 valence electrons. The fraction of sp³-hybridized carbons (Fsp3) is 0.368. The average Bonchev–Trinajstić information content (AvgIpc) is 2.60. The van der Waals surface area contributed by atoms with Gasteiger partial charge in [-0.15, -0.1) is 24.0 Å². The molecular formula is C19H28IN5. The molecule has 1 aromatic heterocycles. The smallest absolute Gasteiger partial charge is 0.188 e. The highest BCUT2D eigenvalue weighted by atomic mass is 127. The first-order valence-electron chi connectivity index (χ1n) is 8.44. The highest BCUT2D eigenvalue weighted by molar-refractivity contribution is 14.0. The lowest BCUT2D eigenvalue weighted by molar-refractivity contribution is 0.769. The van der Waals surface area contributed by atoms with Crippen LogP contribution in [0.3, 0.4) is 0 Å². The molecule has 5 nitrogen and oxygen atoms in total. The number of aromatic nitrogens is 1. The predicted molar refractivity (Wildman–Crippen MR) is 117 cm³/mol. The maximum absolute atomic E-state index is 5.93. The Balaban J connectivity index is 0.00000312. The van der Waals surface area contributed by atoms with Gasteiger partial charge < -0.3 is 16.0 Å². The van der Waals surface area contributed by atoms with Crippen LogP contribution in [0.1, 0.15) is 18.2 Å². The topological polar surface area (TPSA) is 66.5 Å². The Kier molecular flexibility index (Phi) is 9.91. The van der Waals surface area contributed by atoms with E-state index in [1.54, 1.807) is 6.20 Å². The van der Waals surface area contributed by atoms with Gasteiger partial charge in [0.15, 0.2) is 5.96 Å². The lowest BCUT2D eigenvalue weighted by Crippen LogP contribution is -2.38. The number of likely N-dealkylation sites (N-methyl/N-ethyl adjacent to an activating group) is 1. The number of halogens is 1. The molecule has 1 aromatic carbocycles. The quantitative estimate of drug-likeness (QED) is 0.367. The Morgan fingerprint density at radius 2 is 2.08 bits per heavy atom. The van der Waals surface area contributed by atoms with E-state index in [-0.39, 0.29) is 24.0 Å². The molecule has 0 fully saturated rings. The summed E-state index contributed by atoms with van der Waals surface area (Å²) in [5, 5.41) is 3.18. The third-order valence-electron chi connectivity index (χ3n) is 3.81. The molecule has 2 rings (SSSR count). The van der Waals surface area contributed by atoms with Gasteiger partial charge in [0.05, 0.1) is 0 Å². The number of benzene rings is 1. The number of rotatable bonds is 8. The van der Waals surface area contributed by atoms with Crippen molar-refractivity contribution >= 4 is 35.6 Å². The van der Waals surface area contributed by atoms with E-state index >= 15 is 0 Å². The summed E-state index contributed by atoms with van der Waals surface area (Å²) < 4.78 is 0. The van der Waals surface area contributed by atoms with E-state index in [0.717, 1.165) is 31.7 Å². The third kappa shape index (κ3) is 7.72. The fourth-order valence-electron chi connectivity index (χ4n) is 2.51. The summed E-state index contributed by atoms with van der Waals surface area (Å²) in [7, 11) is 0. The van der Waals surface area contributed by atoms with Gasteiger partial charge in [0.2, 0.25) is 0 Å². The van der Waals surface area contributed by atoms with Gasteiger partial charge in [-0.2, -0.15) is 0 Å². The highest BCUT2D eigenvalue weighted by Gasteiger charge is 2.04. The van der Waals surface area contributed by atoms with Gasteiger partial charge in [-0.3, -0.25) is 9.98 Å². The lowest BCUT2D eigenvalue weighted by Gasteiger charge is -2.23. The van der Waals surface area contributed by atoms with Crippen molar-refractivity contribution in [1.82, 2.24) is 10.3 Å². The van der Waals surface area contributed by atoms with Crippen LogP contribution in [0, 0.1) is 6.92 Å². The third-order valence-corrected chi connectivity index (χ3v) is 3.81. The van der Waals surface area contributed by atoms with Crippen LogP contribution in [0.4, 0.5) is 5.69 Å². The number of anilines is 1. The largest absolute Gasteiger partial charge is 0.370 e.